The molecule has 0 amide bonds. The number of rotatable bonds is 4. The van der Waals surface area contributed by atoms with E-state index in [2.05, 4.69) is 217 Å². The maximum absolute atomic E-state index is 7.07. The Morgan fingerprint density at radius 3 is 1.49 bits per heavy atom. The van der Waals surface area contributed by atoms with Crippen LogP contribution in [-0.4, -0.2) is 0 Å². The van der Waals surface area contributed by atoms with Crippen LogP contribution in [0.25, 0.3) is 76.9 Å². The predicted octanol–water partition coefficient (Wildman–Crippen LogP) is 15.4. The molecule has 0 bridgehead atoms. The van der Waals surface area contributed by atoms with Crippen molar-refractivity contribution < 1.29 is 4.42 Å². The summed E-state index contributed by atoms with van der Waals surface area (Å²) in [5.41, 5.74) is 17.3. The van der Waals surface area contributed by atoms with E-state index in [0.29, 0.717) is 0 Å². The van der Waals surface area contributed by atoms with Crippen molar-refractivity contribution in [1.82, 2.24) is 0 Å². The van der Waals surface area contributed by atoms with Crippen LogP contribution in [0.3, 0.4) is 0 Å². The maximum atomic E-state index is 7.07. The number of hydrogen-bond acceptors (Lipinski definition) is 2. The summed E-state index contributed by atoms with van der Waals surface area (Å²) in [6.45, 7) is 0. The molecule has 2 heteroatoms. The molecule has 13 rings (SSSR count). The summed E-state index contributed by atoms with van der Waals surface area (Å²) in [6, 6.07) is 77.9. The van der Waals surface area contributed by atoms with E-state index in [9.17, 15) is 0 Å². The molecule has 0 unspecified atom stereocenters. The van der Waals surface area contributed by atoms with Crippen molar-refractivity contribution in [1.29, 1.82) is 0 Å². The van der Waals surface area contributed by atoms with Crippen LogP contribution >= 0.6 is 0 Å². The van der Waals surface area contributed by atoms with Gasteiger partial charge in [0.2, 0.25) is 0 Å². The topological polar surface area (TPSA) is 16.4 Å². The lowest BCUT2D eigenvalue weighted by atomic mass is 9.70. The molecule has 0 N–H and O–H groups in total. The fraction of sp³-hybridized carbons (Fsp3) is 0.0175. The molecule has 1 heterocycles. The summed E-state index contributed by atoms with van der Waals surface area (Å²) >= 11 is 0. The second-order valence-corrected chi connectivity index (χ2v) is 15.9. The molecule has 0 aliphatic heterocycles. The van der Waals surface area contributed by atoms with Crippen molar-refractivity contribution in [2.45, 2.75) is 5.41 Å². The Hall–Kier alpha value is -7.68. The lowest BCUT2D eigenvalue weighted by Gasteiger charge is -2.32. The van der Waals surface area contributed by atoms with Crippen LogP contribution in [0.15, 0.2) is 217 Å². The van der Waals surface area contributed by atoms with Gasteiger partial charge in [-0.3, -0.25) is 0 Å². The van der Waals surface area contributed by atoms with Gasteiger partial charge in [-0.1, -0.05) is 176 Å². The number of hydrogen-bond donors (Lipinski definition) is 0. The summed E-state index contributed by atoms with van der Waals surface area (Å²) in [6.07, 6.45) is 0. The minimum Gasteiger partial charge on any atom is -0.455 e. The van der Waals surface area contributed by atoms with Crippen LogP contribution in [0, 0.1) is 0 Å². The molecule has 0 fully saturated rings. The van der Waals surface area contributed by atoms with Gasteiger partial charge in [0.15, 0.2) is 0 Å². The van der Waals surface area contributed by atoms with E-state index >= 15 is 0 Å². The highest BCUT2D eigenvalue weighted by molar-refractivity contribution is 6.30. The van der Waals surface area contributed by atoms with E-state index in [1.54, 1.807) is 0 Å². The highest BCUT2D eigenvalue weighted by Crippen LogP contribution is 2.63. The maximum Gasteiger partial charge on any atom is 0.143 e. The first-order valence-electron chi connectivity index (χ1n) is 20.4. The minimum atomic E-state index is -0.454. The second kappa shape index (κ2) is 12.2. The Morgan fingerprint density at radius 2 is 0.847 bits per heavy atom. The quantitative estimate of drug-likeness (QED) is 0.167. The molecular weight excluding hydrogens is 715 g/mol. The minimum absolute atomic E-state index is 0.454. The van der Waals surface area contributed by atoms with Crippen molar-refractivity contribution in [2.75, 3.05) is 4.90 Å². The van der Waals surface area contributed by atoms with E-state index in [1.165, 1.54) is 60.7 Å². The zero-order chi connectivity index (χ0) is 38.7. The highest BCUT2D eigenvalue weighted by Gasteiger charge is 2.51. The number of benzene rings is 10. The van der Waals surface area contributed by atoms with Gasteiger partial charge in [0, 0.05) is 39.2 Å². The molecular formula is C57H35NO. The van der Waals surface area contributed by atoms with E-state index < -0.39 is 5.41 Å². The zero-order valence-corrected chi connectivity index (χ0v) is 32.1. The normalized spacial score (nSPS) is 13.2. The third-order valence-electron chi connectivity index (χ3n) is 13.0. The SMILES string of the molecule is c1ccc(-c2cc3c(cc2N(c2ccccc2)c2ccc4c(c2)C2(c5ccccc5-c5ccccc52)c2ccccc2-4)oc2c4ccccc4c4ccccc4c32)cc1. The van der Waals surface area contributed by atoms with Gasteiger partial charge >= 0.3 is 0 Å². The van der Waals surface area contributed by atoms with E-state index in [4.69, 9.17) is 4.42 Å². The van der Waals surface area contributed by atoms with Gasteiger partial charge in [0.25, 0.3) is 0 Å². The average Bonchev–Trinajstić information content (AvgIpc) is 3.94. The van der Waals surface area contributed by atoms with Crippen LogP contribution < -0.4 is 4.90 Å². The van der Waals surface area contributed by atoms with Crippen LogP contribution in [0.2, 0.25) is 0 Å². The standard InChI is InChI=1S/C57H35NO/c1-3-17-36(18-4-1)47-34-48-54(59-56-46-27-10-8-22-40(46)39-21-7-9-26-45(39)55(48)56)35-53(47)58(37-19-5-2-6-20-37)38-31-32-44-43-25-13-16-30-51(43)57(52(44)33-38)49-28-14-11-23-41(49)42-24-12-15-29-50(42)57/h1-35H. The van der Waals surface area contributed by atoms with E-state index in [1.807, 2.05) is 0 Å². The van der Waals surface area contributed by atoms with Crippen LogP contribution in [0.4, 0.5) is 17.1 Å². The first-order chi connectivity index (χ1) is 29.3. The van der Waals surface area contributed by atoms with Gasteiger partial charge in [-0.05, 0) is 96.6 Å². The number of furan rings is 1. The lowest BCUT2D eigenvalue weighted by Crippen LogP contribution is -2.26. The molecule has 0 saturated heterocycles. The second-order valence-electron chi connectivity index (χ2n) is 15.9. The fourth-order valence-corrected chi connectivity index (χ4v) is 10.7. The molecule has 0 radical (unpaired) electrons. The van der Waals surface area contributed by atoms with Crippen molar-refractivity contribution in [3.63, 3.8) is 0 Å². The lowest BCUT2D eigenvalue weighted by molar-refractivity contribution is 0.673. The smallest absolute Gasteiger partial charge is 0.143 e. The number of anilines is 3. The summed E-state index contributed by atoms with van der Waals surface area (Å²) in [5.74, 6) is 0. The summed E-state index contributed by atoms with van der Waals surface area (Å²) in [4.78, 5) is 2.44. The Bertz CT molecular complexity index is 3440. The predicted molar refractivity (Wildman–Crippen MR) is 245 cm³/mol. The molecule has 1 aromatic heterocycles. The molecule has 11 aromatic rings. The molecule has 59 heavy (non-hydrogen) atoms. The largest absolute Gasteiger partial charge is 0.455 e. The highest BCUT2D eigenvalue weighted by atomic mass is 16.3. The molecule has 1 spiro atoms. The van der Waals surface area contributed by atoms with Crippen molar-refractivity contribution in [2.24, 2.45) is 0 Å². The molecule has 2 aliphatic rings. The first kappa shape index (κ1) is 32.4. The van der Waals surface area contributed by atoms with Crippen molar-refractivity contribution in [3.8, 4) is 33.4 Å². The van der Waals surface area contributed by atoms with Crippen molar-refractivity contribution in [3.05, 3.63) is 235 Å². The van der Waals surface area contributed by atoms with Gasteiger partial charge in [-0.15, -0.1) is 0 Å². The molecule has 10 aromatic carbocycles. The summed E-state index contributed by atoms with van der Waals surface area (Å²) in [7, 11) is 0. The van der Waals surface area contributed by atoms with E-state index in [-0.39, 0.29) is 0 Å². The molecule has 2 nitrogen and oxygen atoms in total. The molecule has 274 valence electrons. The third kappa shape index (κ3) is 4.35. The van der Waals surface area contributed by atoms with Crippen molar-refractivity contribution >= 4 is 60.5 Å². The monoisotopic (exact) mass is 749 g/mol. The van der Waals surface area contributed by atoms with Gasteiger partial charge in [0.1, 0.15) is 11.2 Å². The first-order valence-corrected chi connectivity index (χ1v) is 20.4. The number of para-hydroxylation sites is 1. The Labute approximate surface area is 341 Å². The van der Waals surface area contributed by atoms with Crippen LogP contribution in [0.1, 0.15) is 22.3 Å². The average molecular weight is 750 g/mol. The molecule has 0 atom stereocenters. The third-order valence-corrected chi connectivity index (χ3v) is 13.0. The van der Waals surface area contributed by atoms with Crippen LogP contribution in [0.5, 0.6) is 0 Å². The van der Waals surface area contributed by atoms with Gasteiger partial charge < -0.3 is 9.32 Å². The van der Waals surface area contributed by atoms with Crippen LogP contribution in [-0.2, 0) is 5.41 Å². The Kier molecular flexibility index (Phi) is 6.68. The Balaban J connectivity index is 1.13. The fourth-order valence-electron chi connectivity index (χ4n) is 10.7. The molecule has 2 aliphatic carbocycles. The Morgan fingerprint density at radius 1 is 0.339 bits per heavy atom. The zero-order valence-electron chi connectivity index (χ0n) is 32.1. The van der Waals surface area contributed by atoms with Gasteiger partial charge in [-0.2, -0.15) is 0 Å². The van der Waals surface area contributed by atoms with E-state index in [0.717, 1.165) is 55.5 Å². The van der Waals surface area contributed by atoms with Gasteiger partial charge in [0.05, 0.1) is 11.1 Å². The summed E-state index contributed by atoms with van der Waals surface area (Å²) < 4.78 is 7.07. The molecule has 0 saturated carbocycles. The summed E-state index contributed by atoms with van der Waals surface area (Å²) in [5, 5.41) is 7.03. The number of fused-ring (bicyclic) bond motifs is 18. The number of nitrogens with zero attached hydrogens (tertiary/aromatic N) is 1. The van der Waals surface area contributed by atoms with Gasteiger partial charge in [-0.25, -0.2) is 0 Å².